The average molecular weight is 236 g/mol. The van der Waals surface area contributed by atoms with E-state index in [4.69, 9.17) is 5.73 Å². The Kier molecular flexibility index (Phi) is 3.75. The molecule has 4 N–H and O–H groups in total. The van der Waals surface area contributed by atoms with Crippen LogP contribution in [0.2, 0.25) is 0 Å². The van der Waals surface area contributed by atoms with Crippen LogP contribution < -0.4 is 11.1 Å². The summed E-state index contributed by atoms with van der Waals surface area (Å²) in [5, 5.41) is 8.19. The Morgan fingerprint density at radius 1 is 1.56 bits per heavy atom. The smallest absolute Gasteiger partial charge is 0.382 e. The second kappa shape index (κ2) is 4.86. The van der Waals surface area contributed by atoms with Crippen molar-refractivity contribution in [1.29, 1.82) is 0 Å². The van der Waals surface area contributed by atoms with E-state index in [0.29, 0.717) is 0 Å². The molecule has 0 spiro atoms. The van der Waals surface area contributed by atoms with Crippen molar-refractivity contribution in [3.05, 3.63) is 11.8 Å². The van der Waals surface area contributed by atoms with Gasteiger partial charge in [-0.15, -0.1) is 0 Å². The van der Waals surface area contributed by atoms with Crippen LogP contribution >= 0.6 is 0 Å². The van der Waals surface area contributed by atoms with Gasteiger partial charge >= 0.3 is 6.18 Å². The van der Waals surface area contributed by atoms with Crippen LogP contribution in [0.25, 0.3) is 0 Å². The molecule has 90 valence electrons. The number of rotatable bonds is 4. The van der Waals surface area contributed by atoms with Crippen molar-refractivity contribution in [1.82, 2.24) is 15.5 Å². The van der Waals surface area contributed by atoms with Crippen LogP contribution in [0.5, 0.6) is 0 Å². The first-order valence-electron chi connectivity index (χ1n) is 4.54. The summed E-state index contributed by atoms with van der Waals surface area (Å²) < 4.78 is 35.3. The number of aromatic nitrogens is 2. The summed E-state index contributed by atoms with van der Waals surface area (Å²) in [6, 6.07) is 1.30. The summed E-state index contributed by atoms with van der Waals surface area (Å²) in [6.07, 6.45) is -5.26. The Morgan fingerprint density at radius 2 is 2.25 bits per heavy atom. The maximum atomic E-state index is 11.8. The zero-order valence-electron chi connectivity index (χ0n) is 8.27. The van der Waals surface area contributed by atoms with Crippen molar-refractivity contribution < 1.29 is 18.0 Å². The lowest BCUT2D eigenvalue weighted by Gasteiger charge is -2.06. The molecule has 1 rings (SSSR count). The fourth-order valence-corrected chi connectivity index (χ4v) is 1.04. The molecule has 5 nitrogen and oxygen atoms in total. The number of hydrogen-bond acceptors (Lipinski definition) is 3. The molecule has 16 heavy (non-hydrogen) atoms. The molecular weight excluding hydrogens is 225 g/mol. The Bertz CT molecular complexity index is 360. The number of alkyl halides is 3. The van der Waals surface area contributed by atoms with Gasteiger partial charge in [0, 0.05) is 19.0 Å². The van der Waals surface area contributed by atoms with Gasteiger partial charge in [0.15, 0.2) is 0 Å². The normalized spacial score (nSPS) is 11.4. The number of nitrogens with zero attached hydrogens (tertiary/aromatic N) is 1. The minimum Gasteiger partial charge on any atom is -0.382 e. The van der Waals surface area contributed by atoms with Gasteiger partial charge in [-0.3, -0.25) is 9.89 Å². The van der Waals surface area contributed by atoms with Crippen LogP contribution in [0.3, 0.4) is 0 Å². The van der Waals surface area contributed by atoms with Gasteiger partial charge in [-0.05, 0) is 6.42 Å². The van der Waals surface area contributed by atoms with E-state index >= 15 is 0 Å². The van der Waals surface area contributed by atoms with Crippen LogP contribution in [0, 0.1) is 0 Å². The molecule has 1 aromatic rings. The van der Waals surface area contributed by atoms with Crippen molar-refractivity contribution in [2.75, 3.05) is 12.3 Å². The van der Waals surface area contributed by atoms with Crippen molar-refractivity contribution in [3.8, 4) is 0 Å². The third-order valence-corrected chi connectivity index (χ3v) is 1.76. The van der Waals surface area contributed by atoms with Crippen molar-refractivity contribution in [3.63, 3.8) is 0 Å². The topological polar surface area (TPSA) is 83.8 Å². The lowest BCUT2D eigenvalue weighted by Crippen LogP contribution is -2.25. The molecule has 0 fully saturated rings. The predicted molar refractivity (Wildman–Crippen MR) is 50.6 cm³/mol. The molecule has 0 unspecified atom stereocenters. The first kappa shape index (κ1) is 12.3. The molecular formula is C8H11F3N4O. The highest BCUT2D eigenvalue weighted by Gasteiger charge is 2.26. The summed E-state index contributed by atoms with van der Waals surface area (Å²) in [7, 11) is 0. The van der Waals surface area contributed by atoms with Crippen molar-refractivity contribution in [2.45, 2.75) is 19.0 Å². The molecule has 0 aliphatic carbocycles. The van der Waals surface area contributed by atoms with Crippen LogP contribution in [-0.4, -0.2) is 28.8 Å². The van der Waals surface area contributed by atoms with Crippen LogP contribution in [0.1, 0.15) is 23.3 Å². The Balaban J connectivity index is 2.26. The van der Waals surface area contributed by atoms with Gasteiger partial charge in [-0.2, -0.15) is 18.3 Å². The number of carbonyl (C=O) groups is 1. The van der Waals surface area contributed by atoms with Gasteiger partial charge in [-0.1, -0.05) is 0 Å². The lowest BCUT2D eigenvalue weighted by molar-refractivity contribution is -0.135. The monoisotopic (exact) mass is 236 g/mol. The number of nitrogens with two attached hydrogens (primary N) is 1. The molecule has 0 atom stereocenters. The molecule has 0 radical (unpaired) electrons. The van der Waals surface area contributed by atoms with E-state index in [-0.39, 0.29) is 24.5 Å². The minimum atomic E-state index is -4.19. The highest BCUT2D eigenvalue weighted by molar-refractivity contribution is 5.92. The minimum absolute atomic E-state index is 0.0444. The quantitative estimate of drug-likeness (QED) is 0.683. The number of amides is 1. The number of hydrogen-bond donors (Lipinski definition) is 3. The summed E-state index contributed by atoms with van der Waals surface area (Å²) in [5.41, 5.74) is 5.39. The molecule has 1 aromatic heterocycles. The zero-order valence-corrected chi connectivity index (χ0v) is 8.27. The summed E-state index contributed by atoms with van der Waals surface area (Å²) in [6.45, 7) is -0.0444. The third kappa shape index (κ3) is 4.20. The second-order valence-corrected chi connectivity index (χ2v) is 3.18. The van der Waals surface area contributed by atoms with Gasteiger partial charge in [0.25, 0.3) is 5.91 Å². The first-order chi connectivity index (χ1) is 7.38. The van der Waals surface area contributed by atoms with E-state index < -0.39 is 18.5 Å². The Morgan fingerprint density at radius 3 is 2.75 bits per heavy atom. The summed E-state index contributed by atoms with van der Waals surface area (Å²) >= 11 is 0. The molecule has 0 aliphatic rings. The van der Waals surface area contributed by atoms with E-state index in [0.717, 1.165) is 0 Å². The van der Waals surface area contributed by atoms with Gasteiger partial charge in [0.2, 0.25) is 0 Å². The van der Waals surface area contributed by atoms with E-state index in [9.17, 15) is 18.0 Å². The SMILES string of the molecule is Nc1cc(C(=O)NCCCC(F)(F)F)[nH]n1. The van der Waals surface area contributed by atoms with Crippen molar-refractivity contribution >= 4 is 11.7 Å². The number of anilines is 1. The van der Waals surface area contributed by atoms with Crippen LogP contribution in [-0.2, 0) is 0 Å². The van der Waals surface area contributed by atoms with Gasteiger partial charge in [0.1, 0.15) is 11.5 Å². The lowest BCUT2D eigenvalue weighted by atomic mass is 10.3. The van der Waals surface area contributed by atoms with Gasteiger partial charge in [-0.25, -0.2) is 0 Å². The second-order valence-electron chi connectivity index (χ2n) is 3.18. The number of halogens is 3. The van der Waals surface area contributed by atoms with E-state index in [2.05, 4.69) is 15.5 Å². The maximum absolute atomic E-state index is 11.8. The fraction of sp³-hybridized carbons (Fsp3) is 0.500. The first-order valence-corrected chi connectivity index (χ1v) is 4.54. The van der Waals surface area contributed by atoms with Crippen LogP contribution in [0.15, 0.2) is 6.07 Å². The van der Waals surface area contributed by atoms with Crippen molar-refractivity contribution in [2.24, 2.45) is 0 Å². The average Bonchev–Trinajstić information content (AvgIpc) is 2.57. The molecule has 0 aliphatic heterocycles. The number of nitrogen functional groups attached to an aromatic ring is 1. The third-order valence-electron chi connectivity index (χ3n) is 1.76. The maximum Gasteiger partial charge on any atom is 0.389 e. The fourth-order valence-electron chi connectivity index (χ4n) is 1.04. The summed E-state index contributed by atoms with van der Waals surface area (Å²) in [5.74, 6) is -0.369. The summed E-state index contributed by atoms with van der Waals surface area (Å²) in [4.78, 5) is 11.3. The number of nitrogens with one attached hydrogen (secondary N) is 2. The van der Waals surface area contributed by atoms with E-state index in [1.54, 1.807) is 0 Å². The zero-order chi connectivity index (χ0) is 12.2. The standard InChI is InChI=1S/C8H11F3N4O/c9-8(10,11)2-1-3-13-7(16)5-4-6(12)15-14-5/h4H,1-3H2,(H,13,16)(H3,12,14,15). The Hall–Kier alpha value is -1.73. The number of aromatic amines is 1. The molecule has 0 aromatic carbocycles. The molecule has 1 heterocycles. The highest BCUT2D eigenvalue weighted by Crippen LogP contribution is 2.20. The molecule has 0 saturated heterocycles. The number of carbonyl (C=O) groups excluding carboxylic acids is 1. The Labute approximate surface area is 89.2 Å². The van der Waals surface area contributed by atoms with E-state index in [1.165, 1.54) is 6.07 Å². The molecule has 8 heteroatoms. The van der Waals surface area contributed by atoms with Crippen LogP contribution in [0.4, 0.5) is 19.0 Å². The molecule has 1 amide bonds. The van der Waals surface area contributed by atoms with Gasteiger partial charge < -0.3 is 11.1 Å². The largest absolute Gasteiger partial charge is 0.389 e. The molecule has 0 saturated carbocycles. The predicted octanol–water partition coefficient (Wildman–Crippen LogP) is 1.06. The number of H-pyrrole nitrogens is 1. The van der Waals surface area contributed by atoms with E-state index in [1.807, 2.05) is 0 Å². The van der Waals surface area contributed by atoms with Gasteiger partial charge in [0.05, 0.1) is 0 Å². The highest BCUT2D eigenvalue weighted by atomic mass is 19.4. The molecule has 0 bridgehead atoms.